The summed E-state index contributed by atoms with van der Waals surface area (Å²) >= 11 is 0. The van der Waals surface area contributed by atoms with Crippen LogP contribution < -0.4 is 4.74 Å². The van der Waals surface area contributed by atoms with Crippen LogP contribution in [0.15, 0.2) is 53.4 Å². The van der Waals surface area contributed by atoms with Gasteiger partial charge in [-0.05, 0) is 35.4 Å². The van der Waals surface area contributed by atoms with E-state index in [2.05, 4.69) is 0 Å². The zero-order valence-electron chi connectivity index (χ0n) is 12.3. The molecular formula is C17H18O4S. The molecule has 0 aliphatic rings. The van der Waals surface area contributed by atoms with E-state index < -0.39 is 9.84 Å². The van der Waals surface area contributed by atoms with Crippen LogP contribution in [0.1, 0.15) is 11.1 Å². The lowest BCUT2D eigenvalue weighted by molar-refractivity contribution is 0.201. The largest absolute Gasteiger partial charge is 0.491 e. The lowest BCUT2D eigenvalue weighted by atomic mass is 10.1. The van der Waals surface area contributed by atoms with Crippen LogP contribution in [0.25, 0.3) is 12.2 Å². The number of benzene rings is 2. The van der Waals surface area contributed by atoms with Crippen LogP contribution in [0.2, 0.25) is 0 Å². The minimum absolute atomic E-state index is 0.00880. The quantitative estimate of drug-likeness (QED) is 0.832. The fourth-order valence-corrected chi connectivity index (χ4v) is 2.49. The maximum absolute atomic E-state index is 11.4. The van der Waals surface area contributed by atoms with Crippen LogP contribution >= 0.6 is 0 Å². The fourth-order valence-electron chi connectivity index (χ4n) is 1.86. The molecule has 2 aromatic rings. The number of hydrogen-bond acceptors (Lipinski definition) is 4. The van der Waals surface area contributed by atoms with Crippen molar-refractivity contribution in [2.24, 2.45) is 0 Å². The van der Waals surface area contributed by atoms with Crippen LogP contribution in [0.5, 0.6) is 5.75 Å². The third-order valence-electron chi connectivity index (χ3n) is 3.02. The van der Waals surface area contributed by atoms with E-state index in [0.717, 1.165) is 11.1 Å². The molecule has 2 rings (SSSR count). The number of ether oxygens (including phenoxy) is 1. The summed E-state index contributed by atoms with van der Waals surface area (Å²) in [6.07, 6.45) is 5.04. The second-order valence-electron chi connectivity index (χ2n) is 4.82. The molecule has 0 unspecified atom stereocenters. The molecule has 2 aromatic carbocycles. The highest BCUT2D eigenvalue weighted by atomic mass is 32.2. The van der Waals surface area contributed by atoms with Gasteiger partial charge in [0.2, 0.25) is 0 Å². The molecule has 4 nitrogen and oxygen atoms in total. The third-order valence-corrected chi connectivity index (χ3v) is 4.15. The highest BCUT2D eigenvalue weighted by molar-refractivity contribution is 7.90. The molecule has 0 fully saturated rings. The van der Waals surface area contributed by atoms with Gasteiger partial charge in [0.05, 0.1) is 11.5 Å². The number of sulfone groups is 1. The van der Waals surface area contributed by atoms with E-state index in [0.29, 0.717) is 10.6 Å². The van der Waals surface area contributed by atoms with Gasteiger partial charge in [0.15, 0.2) is 9.84 Å². The van der Waals surface area contributed by atoms with E-state index in [9.17, 15) is 8.42 Å². The number of rotatable bonds is 6. The molecule has 0 amide bonds. The van der Waals surface area contributed by atoms with Crippen LogP contribution in [-0.2, 0) is 9.84 Å². The monoisotopic (exact) mass is 318 g/mol. The van der Waals surface area contributed by atoms with Crippen molar-refractivity contribution in [2.75, 3.05) is 19.5 Å². The Kier molecular flexibility index (Phi) is 5.35. The summed E-state index contributed by atoms with van der Waals surface area (Å²) < 4.78 is 28.1. The van der Waals surface area contributed by atoms with Gasteiger partial charge in [0.25, 0.3) is 0 Å². The number of aliphatic hydroxyl groups is 1. The Morgan fingerprint density at radius 3 is 1.91 bits per heavy atom. The van der Waals surface area contributed by atoms with Gasteiger partial charge >= 0.3 is 0 Å². The van der Waals surface area contributed by atoms with Crippen molar-refractivity contribution < 1.29 is 18.3 Å². The van der Waals surface area contributed by atoms with E-state index in [4.69, 9.17) is 9.84 Å². The summed E-state index contributed by atoms with van der Waals surface area (Å²) in [5.74, 6) is 0.712. The van der Waals surface area contributed by atoms with Crippen LogP contribution in [0.4, 0.5) is 0 Å². The summed E-state index contributed by atoms with van der Waals surface area (Å²) in [5.41, 5.74) is 1.93. The molecule has 22 heavy (non-hydrogen) atoms. The predicted octanol–water partition coefficient (Wildman–Crippen LogP) is 2.63. The first-order valence-electron chi connectivity index (χ1n) is 6.81. The van der Waals surface area contributed by atoms with Gasteiger partial charge in [-0.3, -0.25) is 0 Å². The van der Waals surface area contributed by atoms with Gasteiger partial charge in [-0.15, -0.1) is 0 Å². The van der Waals surface area contributed by atoms with Crippen molar-refractivity contribution in [1.82, 2.24) is 0 Å². The van der Waals surface area contributed by atoms with Gasteiger partial charge in [-0.25, -0.2) is 8.42 Å². The second-order valence-corrected chi connectivity index (χ2v) is 6.83. The molecule has 0 saturated heterocycles. The molecule has 116 valence electrons. The molecule has 0 heterocycles. The first-order chi connectivity index (χ1) is 10.5. The minimum atomic E-state index is -3.15. The van der Waals surface area contributed by atoms with Gasteiger partial charge in [0.1, 0.15) is 12.4 Å². The fraction of sp³-hybridized carbons (Fsp3) is 0.176. The zero-order valence-corrected chi connectivity index (χ0v) is 13.1. The third kappa shape index (κ3) is 4.72. The van der Waals surface area contributed by atoms with E-state index in [-0.39, 0.29) is 13.2 Å². The SMILES string of the molecule is CS(=O)(=O)c1ccc(/C=C/c2ccc(OCCO)cc2)cc1. The van der Waals surface area contributed by atoms with Crippen LogP contribution in [-0.4, -0.2) is 33.0 Å². The molecule has 0 spiro atoms. The highest BCUT2D eigenvalue weighted by Crippen LogP contribution is 2.16. The Balaban J connectivity index is 2.05. The van der Waals surface area contributed by atoms with Crippen molar-refractivity contribution >= 4 is 22.0 Å². The lowest BCUT2D eigenvalue weighted by Crippen LogP contribution is -2.01. The number of hydrogen-bond donors (Lipinski definition) is 1. The Hall–Kier alpha value is -2.11. The molecule has 5 heteroatoms. The van der Waals surface area contributed by atoms with E-state index in [1.807, 2.05) is 36.4 Å². The summed E-state index contributed by atoms with van der Waals surface area (Å²) in [4.78, 5) is 0.315. The van der Waals surface area contributed by atoms with Crippen molar-refractivity contribution in [3.63, 3.8) is 0 Å². The first kappa shape index (κ1) is 16.3. The molecule has 0 radical (unpaired) electrons. The summed E-state index contributed by atoms with van der Waals surface area (Å²) in [5, 5.41) is 8.69. The average molecular weight is 318 g/mol. The second kappa shape index (κ2) is 7.24. The molecule has 0 saturated carbocycles. The Morgan fingerprint density at radius 1 is 0.955 bits per heavy atom. The van der Waals surface area contributed by atoms with Crippen LogP contribution in [0.3, 0.4) is 0 Å². The summed E-state index contributed by atoms with van der Waals surface area (Å²) in [6, 6.07) is 14.2. The lowest BCUT2D eigenvalue weighted by Gasteiger charge is -2.03. The predicted molar refractivity (Wildman–Crippen MR) is 87.5 cm³/mol. The van der Waals surface area contributed by atoms with Crippen LogP contribution in [0, 0.1) is 0 Å². The van der Waals surface area contributed by atoms with E-state index in [1.165, 1.54) is 6.26 Å². The summed E-state index contributed by atoms with van der Waals surface area (Å²) in [7, 11) is -3.15. The Bertz CT molecular complexity index is 729. The van der Waals surface area contributed by atoms with Gasteiger partial charge in [0, 0.05) is 6.26 Å². The average Bonchev–Trinajstić information content (AvgIpc) is 2.51. The molecule has 0 aromatic heterocycles. The smallest absolute Gasteiger partial charge is 0.175 e. The topological polar surface area (TPSA) is 63.6 Å². The summed E-state index contributed by atoms with van der Waals surface area (Å²) in [6.45, 7) is 0.271. The number of aliphatic hydroxyl groups excluding tert-OH is 1. The molecular weight excluding hydrogens is 300 g/mol. The molecule has 0 aliphatic heterocycles. The normalized spacial score (nSPS) is 11.7. The van der Waals surface area contributed by atoms with Crippen molar-refractivity contribution in [1.29, 1.82) is 0 Å². The Labute approximate surface area is 130 Å². The van der Waals surface area contributed by atoms with Crippen molar-refractivity contribution in [3.8, 4) is 5.75 Å². The molecule has 1 N–H and O–H groups in total. The maximum Gasteiger partial charge on any atom is 0.175 e. The van der Waals surface area contributed by atoms with E-state index in [1.54, 1.807) is 24.3 Å². The molecule has 0 atom stereocenters. The molecule has 0 bridgehead atoms. The van der Waals surface area contributed by atoms with Gasteiger partial charge in [-0.2, -0.15) is 0 Å². The molecule has 0 aliphatic carbocycles. The van der Waals surface area contributed by atoms with Crippen molar-refractivity contribution in [3.05, 3.63) is 59.7 Å². The van der Waals surface area contributed by atoms with Crippen molar-refractivity contribution in [2.45, 2.75) is 4.90 Å². The first-order valence-corrected chi connectivity index (χ1v) is 8.70. The maximum atomic E-state index is 11.4. The minimum Gasteiger partial charge on any atom is -0.491 e. The van der Waals surface area contributed by atoms with Gasteiger partial charge in [-0.1, -0.05) is 36.4 Å². The highest BCUT2D eigenvalue weighted by Gasteiger charge is 2.04. The Morgan fingerprint density at radius 2 is 1.45 bits per heavy atom. The van der Waals surface area contributed by atoms with Gasteiger partial charge < -0.3 is 9.84 Å². The zero-order chi connectivity index (χ0) is 16.0. The standard InChI is InChI=1S/C17H18O4S/c1-22(19,20)17-10-6-15(7-11-17)3-2-14-4-8-16(9-5-14)21-13-12-18/h2-11,18H,12-13H2,1H3/b3-2+. The van der Waals surface area contributed by atoms with E-state index >= 15 is 0 Å².